The third-order valence-electron chi connectivity index (χ3n) is 3.85. The third kappa shape index (κ3) is 4.90. The maximum atomic E-state index is 3.50. The lowest BCUT2D eigenvalue weighted by Gasteiger charge is -2.19. The van der Waals surface area contributed by atoms with Gasteiger partial charge in [0.2, 0.25) is 0 Å². The lowest BCUT2D eigenvalue weighted by atomic mass is 10.2. The van der Waals surface area contributed by atoms with Crippen LogP contribution in [0.5, 0.6) is 0 Å². The van der Waals surface area contributed by atoms with Crippen molar-refractivity contribution in [3.63, 3.8) is 0 Å². The highest BCUT2D eigenvalue weighted by atomic mass is 32.1. The Labute approximate surface area is 122 Å². The first kappa shape index (κ1) is 15.0. The van der Waals surface area contributed by atoms with Gasteiger partial charge in [0.15, 0.2) is 0 Å². The predicted octanol–water partition coefficient (Wildman–Crippen LogP) is 3.79. The molecule has 0 aliphatic heterocycles. The average Bonchev–Trinajstić information content (AvgIpc) is 3.14. The number of hydrogen-bond donors (Lipinski definition) is 1. The van der Waals surface area contributed by atoms with Crippen LogP contribution >= 0.6 is 11.3 Å². The zero-order chi connectivity index (χ0) is 13.7. The largest absolute Gasteiger partial charge is 0.312 e. The van der Waals surface area contributed by atoms with Gasteiger partial charge in [0, 0.05) is 29.4 Å². The van der Waals surface area contributed by atoms with Crippen molar-refractivity contribution in [1.82, 2.24) is 10.2 Å². The molecule has 0 bridgehead atoms. The SMILES string of the molecule is CCCNCc1cc(CN(CC)CC2CC2)c(C)s1. The van der Waals surface area contributed by atoms with Gasteiger partial charge in [-0.05, 0) is 56.8 Å². The Morgan fingerprint density at radius 3 is 2.79 bits per heavy atom. The quantitative estimate of drug-likeness (QED) is 0.692. The van der Waals surface area contributed by atoms with Crippen molar-refractivity contribution in [3.8, 4) is 0 Å². The van der Waals surface area contributed by atoms with Crippen molar-refractivity contribution >= 4 is 11.3 Å². The van der Waals surface area contributed by atoms with Crippen molar-refractivity contribution in [1.29, 1.82) is 0 Å². The van der Waals surface area contributed by atoms with Gasteiger partial charge in [-0.1, -0.05) is 13.8 Å². The summed E-state index contributed by atoms with van der Waals surface area (Å²) < 4.78 is 0. The van der Waals surface area contributed by atoms with E-state index >= 15 is 0 Å². The molecule has 0 aromatic carbocycles. The van der Waals surface area contributed by atoms with Crippen LogP contribution in [0, 0.1) is 12.8 Å². The first-order chi connectivity index (χ1) is 9.22. The molecule has 0 spiro atoms. The van der Waals surface area contributed by atoms with E-state index in [0.29, 0.717) is 0 Å². The fourth-order valence-corrected chi connectivity index (χ4v) is 3.46. The highest BCUT2D eigenvalue weighted by molar-refractivity contribution is 7.12. The lowest BCUT2D eigenvalue weighted by Crippen LogP contribution is -2.25. The molecular formula is C16H28N2S. The number of nitrogens with one attached hydrogen (secondary N) is 1. The molecule has 1 aromatic heterocycles. The topological polar surface area (TPSA) is 15.3 Å². The van der Waals surface area contributed by atoms with E-state index in [0.717, 1.165) is 25.6 Å². The van der Waals surface area contributed by atoms with E-state index in [1.165, 1.54) is 42.1 Å². The maximum Gasteiger partial charge on any atom is 0.0299 e. The molecule has 1 fully saturated rings. The summed E-state index contributed by atoms with van der Waals surface area (Å²) in [4.78, 5) is 5.60. The van der Waals surface area contributed by atoms with Crippen molar-refractivity contribution in [2.45, 2.75) is 53.1 Å². The molecule has 1 heterocycles. The minimum Gasteiger partial charge on any atom is -0.312 e. The normalized spacial score (nSPS) is 15.4. The van der Waals surface area contributed by atoms with E-state index in [-0.39, 0.29) is 0 Å². The Hall–Kier alpha value is -0.380. The zero-order valence-electron chi connectivity index (χ0n) is 12.7. The Morgan fingerprint density at radius 2 is 2.16 bits per heavy atom. The van der Waals surface area contributed by atoms with Crippen LogP contribution in [0.2, 0.25) is 0 Å². The van der Waals surface area contributed by atoms with Crippen LogP contribution in [-0.2, 0) is 13.1 Å². The molecule has 1 aliphatic carbocycles. The first-order valence-corrected chi connectivity index (χ1v) is 8.55. The van der Waals surface area contributed by atoms with Gasteiger partial charge in [0.1, 0.15) is 0 Å². The smallest absolute Gasteiger partial charge is 0.0299 e. The van der Waals surface area contributed by atoms with Crippen molar-refractivity contribution < 1.29 is 0 Å². The van der Waals surface area contributed by atoms with E-state index in [2.05, 4.69) is 37.1 Å². The summed E-state index contributed by atoms with van der Waals surface area (Å²) in [7, 11) is 0. The van der Waals surface area contributed by atoms with Crippen LogP contribution in [0.1, 0.15) is 48.4 Å². The zero-order valence-corrected chi connectivity index (χ0v) is 13.5. The van der Waals surface area contributed by atoms with Crippen LogP contribution in [0.4, 0.5) is 0 Å². The fraction of sp³-hybridized carbons (Fsp3) is 0.750. The maximum absolute atomic E-state index is 3.50. The van der Waals surface area contributed by atoms with Crippen LogP contribution in [0.25, 0.3) is 0 Å². The van der Waals surface area contributed by atoms with Crippen LogP contribution in [-0.4, -0.2) is 24.5 Å². The Kier molecular flexibility index (Phi) is 5.86. The number of thiophene rings is 1. The van der Waals surface area contributed by atoms with Crippen LogP contribution in [0.3, 0.4) is 0 Å². The first-order valence-electron chi connectivity index (χ1n) is 7.74. The monoisotopic (exact) mass is 280 g/mol. The molecule has 1 aromatic rings. The van der Waals surface area contributed by atoms with Crippen molar-refractivity contribution in [2.24, 2.45) is 5.92 Å². The summed E-state index contributed by atoms with van der Waals surface area (Å²) in [6, 6.07) is 2.41. The lowest BCUT2D eigenvalue weighted by molar-refractivity contribution is 0.268. The summed E-state index contributed by atoms with van der Waals surface area (Å²) in [6.07, 6.45) is 4.11. The van der Waals surface area contributed by atoms with Crippen LogP contribution < -0.4 is 5.32 Å². The summed E-state index contributed by atoms with van der Waals surface area (Å²) >= 11 is 1.96. The molecule has 1 saturated carbocycles. The number of rotatable bonds is 9. The molecule has 3 heteroatoms. The molecule has 108 valence electrons. The summed E-state index contributed by atoms with van der Waals surface area (Å²) in [5.41, 5.74) is 1.54. The number of nitrogens with zero attached hydrogens (tertiary/aromatic N) is 1. The van der Waals surface area contributed by atoms with E-state index in [1.54, 1.807) is 5.56 Å². The summed E-state index contributed by atoms with van der Waals surface area (Å²) in [5, 5.41) is 3.50. The van der Waals surface area contributed by atoms with Gasteiger partial charge in [-0.25, -0.2) is 0 Å². The second-order valence-electron chi connectivity index (χ2n) is 5.74. The summed E-state index contributed by atoms with van der Waals surface area (Å²) in [5.74, 6) is 0.990. The molecule has 0 saturated heterocycles. The van der Waals surface area contributed by atoms with E-state index in [4.69, 9.17) is 0 Å². The van der Waals surface area contributed by atoms with Crippen molar-refractivity contribution in [3.05, 3.63) is 21.4 Å². The second-order valence-corrected chi connectivity index (χ2v) is 7.08. The molecule has 2 nitrogen and oxygen atoms in total. The minimum absolute atomic E-state index is 0.990. The third-order valence-corrected chi connectivity index (χ3v) is 4.94. The standard InChI is InChI=1S/C16H28N2S/c1-4-8-17-10-16-9-15(13(3)19-16)12-18(5-2)11-14-6-7-14/h9,14,17H,4-8,10-12H2,1-3H3. The molecule has 0 unspecified atom stereocenters. The van der Waals surface area contributed by atoms with Gasteiger partial charge in [-0.15, -0.1) is 11.3 Å². The van der Waals surface area contributed by atoms with Crippen molar-refractivity contribution in [2.75, 3.05) is 19.6 Å². The van der Waals surface area contributed by atoms with Gasteiger partial charge in [-0.3, -0.25) is 4.90 Å². The van der Waals surface area contributed by atoms with Gasteiger partial charge >= 0.3 is 0 Å². The summed E-state index contributed by atoms with van der Waals surface area (Å²) in [6.45, 7) is 12.5. The highest BCUT2D eigenvalue weighted by Crippen LogP contribution is 2.31. The average molecular weight is 280 g/mol. The number of hydrogen-bond acceptors (Lipinski definition) is 3. The Morgan fingerprint density at radius 1 is 1.37 bits per heavy atom. The second kappa shape index (κ2) is 7.41. The molecular weight excluding hydrogens is 252 g/mol. The molecule has 2 rings (SSSR count). The highest BCUT2D eigenvalue weighted by Gasteiger charge is 2.24. The molecule has 0 radical (unpaired) electrons. The van der Waals surface area contributed by atoms with Gasteiger partial charge in [0.05, 0.1) is 0 Å². The Balaban J connectivity index is 1.87. The van der Waals surface area contributed by atoms with E-state index < -0.39 is 0 Å². The molecule has 0 atom stereocenters. The molecule has 19 heavy (non-hydrogen) atoms. The Bertz CT molecular complexity index is 382. The molecule has 1 aliphatic rings. The predicted molar refractivity (Wildman–Crippen MR) is 84.7 cm³/mol. The van der Waals surface area contributed by atoms with E-state index in [1.807, 2.05) is 11.3 Å². The van der Waals surface area contributed by atoms with Gasteiger partial charge in [-0.2, -0.15) is 0 Å². The van der Waals surface area contributed by atoms with Crippen LogP contribution in [0.15, 0.2) is 6.07 Å². The molecule has 1 N–H and O–H groups in total. The fourth-order valence-electron chi connectivity index (χ4n) is 2.43. The molecule has 0 amide bonds. The minimum atomic E-state index is 0.990. The van der Waals surface area contributed by atoms with Gasteiger partial charge in [0.25, 0.3) is 0 Å². The number of aryl methyl sites for hydroxylation is 1. The van der Waals surface area contributed by atoms with Gasteiger partial charge < -0.3 is 5.32 Å². The van der Waals surface area contributed by atoms with E-state index in [9.17, 15) is 0 Å².